The fourth-order valence-electron chi connectivity index (χ4n) is 2.30. The molecule has 0 aromatic heterocycles. The van der Waals surface area contributed by atoms with Gasteiger partial charge < -0.3 is 15.9 Å². The molecule has 0 aliphatic carbocycles. The van der Waals surface area contributed by atoms with Gasteiger partial charge in [-0.1, -0.05) is 30.3 Å². The fourth-order valence-corrected chi connectivity index (χ4v) is 3.59. The summed E-state index contributed by atoms with van der Waals surface area (Å²) < 4.78 is 38.7. The molecule has 2 rings (SSSR count). The second-order valence-corrected chi connectivity index (χ2v) is 7.17. The van der Waals surface area contributed by atoms with Crippen molar-refractivity contribution in [3.63, 3.8) is 0 Å². The Kier molecular flexibility index (Phi) is 10.3. The van der Waals surface area contributed by atoms with Crippen molar-refractivity contribution < 1.29 is 33.0 Å². The summed E-state index contributed by atoms with van der Waals surface area (Å²) in [5.74, 6) is -2.51. The van der Waals surface area contributed by atoms with Gasteiger partial charge in [0.25, 0.3) is 0 Å². The Bertz CT molecular complexity index is 941. The molecule has 0 amide bonds. The highest BCUT2D eigenvalue weighted by Crippen LogP contribution is 2.41. The number of carboxylic acid groups (broad SMARTS) is 2. The number of nitrogens with zero attached hydrogens (tertiary/aromatic N) is 1. The minimum absolute atomic E-state index is 0.100. The van der Waals surface area contributed by atoms with Gasteiger partial charge >= 0.3 is 18.1 Å². The van der Waals surface area contributed by atoms with Crippen LogP contribution in [0.15, 0.2) is 65.6 Å². The van der Waals surface area contributed by atoms with Crippen molar-refractivity contribution in [3.8, 4) is 6.07 Å². The molecule has 0 saturated carbocycles. The number of aliphatic carboxylic acids is 2. The van der Waals surface area contributed by atoms with Crippen LogP contribution in [0.3, 0.4) is 0 Å². The maximum atomic E-state index is 12.9. The van der Waals surface area contributed by atoms with Crippen molar-refractivity contribution in [2.75, 3.05) is 6.54 Å². The Morgan fingerprint density at radius 2 is 1.68 bits per heavy atom. The minimum Gasteiger partial charge on any atom is -0.478 e. The molecule has 6 nitrogen and oxygen atoms in total. The van der Waals surface area contributed by atoms with Crippen molar-refractivity contribution >= 4 is 23.7 Å². The van der Waals surface area contributed by atoms with E-state index in [0.717, 1.165) is 17.7 Å². The molecular weight excluding hydrogens is 433 g/mol. The third-order valence-electron chi connectivity index (χ3n) is 3.67. The van der Waals surface area contributed by atoms with Gasteiger partial charge in [-0.2, -0.15) is 18.4 Å². The van der Waals surface area contributed by atoms with Crippen LogP contribution in [0, 0.1) is 11.3 Å². The van der Waals surface area contributed by atoms with Gasteiger partial charge in [0.1, 0.15) is 6.07 Å². The Balaban J connectivity index is 0.000000512. The summed E-state index contributed by atoms with van der Waals surface area (Å²) in [7, 11) is 0. The van der Waals surface area contributed by atoms with Crippen LogP contribution in [-0.4, -0.2) is 28.7 Å². The second-order valence-electron chi connectivity index (χ2n) is 5.92. The van der Waals surface area contributed by atoms with Crippen LogP contribution < -0.4 is 5.73 Å². The van der Waals surface area contributed by atoms with E-state index < -0.39 is 23.7 Å². The molecule has 164 valence electrons. The molecule has 31 heavy (non-hydrogen) atoms. The lowest BCUT2D eigenvalue weighted by molar-refractivity contribution is -0.137. The molecule has 0 radical (unpaired) electrons. The van der Waals surface area contributed by atoms with Gasteiger partial charge in [-0.25, -0.2) is 9.59 Å². The van der Waals surface area contributed by atoms with Crippen LogP contribution in [0.1, 0.15) is 28.4 Å². The summed E-state index contributed by atoms with van der Waals surface area (Å²) in [6, 6.07) is 14.6. The Hall–Kier alpha value is -3.29. The van der Waals surface area contributed by atoms with Crippen LogP contribution in [0.2, 0.25) is 0 Å². The average molecular weight is 452 g/mol. The Morgan fingerprint density at radius 1 is 1.10 bits per heavy atom. The highest BCUT2D eigenvalue weighted by Gasteiger charge is 2.31. The van der Waals surface area contributed by atoms with Crippen molar-refractivity contribution in [1.29, 1.82) is 5.26 Å². The normalized spacial score (nSPS) is 11.8. The monoisotopic (exact) mass is 452 g/mol. The van der Waals surface area contributed by atoms with Gasteiger partial charge in [-0.05, 0) is 36.7 Å². The molecule has 0 unspecified atom stereocenters. The number of nitriles is 1. The van der Waals surface area contributed by atoms with Gasteiger partial charge in [0.2, 0.25) is 0 Å². The molecule has 0 aliphatic rings. The van der Waals surface area contributed by atoms with E-state index in [1.165, 1.54) is 17.8 Å². The van der Waals surface area contributed by atoms with Crippen molar-refractivity contribution in [2.45, 2.75) is 22.7 Å². The first-order valence-corrected chi connectivity index (χ1v) is 9.63. The topological polar surface area (TPSA) is 124 Å². The molecule has 0 fully saturated rings. The zero-order valence-electron chi connectivity index (χ0n) is 16.0. The Labute approximate surface area is 180 Å². The first-order valence-electron chi connectivity index (χ1n) is 8.75. The highest BCUT2D eigenvalue weighted by molar-refractivity contribution is 7.99. The molecule has 1 atom stereocenters. The number of carbonyl (C=O) groups is 2. The largest absolute Gasteiger partial charge is 0.478 e. The molecule has 0 saturated heterocycles. The molecule has 2 aromatic carbocycles. The summed E-state index contributed by atoms with van der Waals surface area (Å²) in [6.07, 6.45) is -2.71. The number of thioether (sulfide) groups is 1. The molecule has 4 N–H and O–H groups in total. The van der Waals surface area contributed by atoms with E-state index in [9.17, 15) is 22.8 Å². The quantitative estimate of drug-likeness (QED) is 0.418. The highest BCUT2D eigenvalue weighted by atomic mass is 32.2. The predicted molar refractivity (Wildman–Crippen MR) is 109 cm³/mol. The smallest absolute Gasteiger partial charge is 0.416 e. The zero-order chi connectivity index (χ0) is 23.4. The number of halogens is 3. The van der Waals surface area contributed by atoms with Crippen LogP contribution in [0.4, 0.5) is 13.2 Å². The maximum absolute atomic E-state index is 12.9. The van der Waals surface area contributed by atoms with E-state index in [1.54, 1.807) is 0 Å². The zero-order valence-corrected chi connectivity index (χ0v) is 16.9. The lowest BCUT2D eigenvalue weighted by Crippen LogP contribution is -2.07. The molecule has 0 aliphatic heterocycles. The number of rotatable bonds is 7. The van der Waals surface area contributed by atoms with Crippen molar-refractivity contribution in [1.82, 2.24) is 0 Å². The van der Waals surface area contributed by atoms with E-state index >= 15 is 0 Å². The predicted octanol–water partition coefficient (Wildman–Crippen LogP) is 4.47. The van der Waals surface area contributed by atoms with E-state index in [2.05, 4.69) is 0 Å². The number of hydrogen-bond donors (Lipinski definition) is 3. The minimum atomic E-state index is -4.43. The SMILES string of the molecule is N#Cc1ccc(C(F)(F)F)cc1S[C@H](CCN)c1ccccc1.O=C(O)C=CC(=O)O. The van der Waals surface area contributed by atoms with E-state index in [4.69, 9.17) is 21.2 Å². The van der Waals surface area contributed by atoms with Crippen LogP contribution in [0.5, 0.6) is 0 Å². The van der Waals surface area contributed by atoms with Crippen LogP contribution in [-0.2, 0) is 15.8 Å². The number of benzene rings is 2. The first-order chi connectivity index (χ1) is 14.6. The number of hydrogen-bond acceptors (Lipinski definition) is 5. The summed E-state index contributed by atoms with van der Waals surface area (Å²) in [6.45, 7) is 0.410. The van der Waals surface area contributed by atoms with E-state index in [0.29, 0.717) is 30.0 Å². The van der Waals surface area contributed by atoms with E-state index in [-0.39, 0.29) is 10.8 Å². The van der Waals surface area contributed by atoms with E-state index in [1.807, 2.05) is 36.4 Å². The van der Waals surface area contributed by atoms with Gasteiger partial charge in [0, 0.05) is 22.3 Å². The molecule has 10 heteroatoms. The molecule has 0 heterocycles. The van der Waals surface area contributed by atoms with Gasteiger partial charge in [-0.15, -0.1) is 11.8 Å². The van der Waals surface area contributed by atoms with Crippen molar-refractivity contribution in [2.24, 2.45) is 5.73 Å². The third-order valence-corrected chi connectivity index (χ3v) is 5.05. The summed E-state index contributed by atoms with van der Waals surface area (Å²) in [4.78, 5) is 19.4. The van der Waals surface area contributed by atoms with Crippen LogP contribution >= 0.6 is 11.8 Å². The maximum Gasteiger partial charge on any atom is 0.416 e. The standard InChI is InChI=1S/C17H15F3N2S.C4H4O4/c18-17(19,20)14-7-6-13(11-22)16(10-14)23-15(8-9-21)12-4-2-1-3-5-12;5-3(6)1-2-4(7)8/h1-7,10,15H,8-9,21H2;1-2H,(H,5,6)(H,7,8)/t15-;/m1./s1. The third kappa shape index (κ3) is 9.37. The van der Waals surface area contributed by atoms with Gasteiger partial charge in [0.15, 0.2) is 0 Å². The average Bonchev–Trinajstić information content (AvgIpc) is 2.72. The molecule has 0 spiro atoms. The van der Waals surface area contributed by atoms with Gasteiger partial charge in [-0.3, -0.25) is 0 Å². The number of carboxylic acids is 2. The number of nitrogens with two attached hydrogens (primary N) is 1. The molecular formula is C21H19F3N2O4S. The second kappa shape index (κ2) is 12.4. The lowest BCUT2D eigenvalue weighted by Gasteiger charge is -2.18. The Morgan fingerprint density at radius 3 is 2.13 bits per heavy atom. The first kappa shape index (κ1) is 25.7. The molecule has 2 aromatic rings. The van der Waals surface area contributed by atoms with Gasteiger partial charge in [0.05, 0.1) is 11.1 Å². The van der Waals surface area contributed by atoms with Crippen LogP contribution in [0.25, 0.3) is 0 Å². The molecule has 0 bridgehead atoms. The summed E-state index contributed by atoms with van der Waals surface area (Å²) in [5, 5.41) is 24.7. The number of alkyl halides is 3. The fraction of sp³-hybridized carbons (Fsp3) is 0.190. The summed E-state index contributed by atoms with van der Waals surface area (Å²) in [5.41, 5.74) is 6.09. The lowest BCUT2D eigenvalue weighted by atomic mass is 10.1. The summed E-state index contributed by atoms with van der Waals surface area (Å²) >= 11 is 1.25. The van der Waals surface area contributed by atoms with Crippen molar-refractivity contribution in [3.05, 3.63) is 77.4 Å².